The van der Waals surface area contributed by atoms with E-state index < -0.39 is 5.41 Å². The summed E-state index contributed by atoms with van der Waals surface area (Å²) in [6, 6.07) is 0. The first-order valence-electron chi connectivity index (χ1n) is 6.12. The first kappa shape index (κ1) is 13.4. The highest BCUT2D eigenvalue weighted by molar-refractivity contribution is 7.80. The number of amides is 1. The maximum absolute atomic E-state index is 12.4. The third-order valence-corrected chi connectivity index (χ3v) is 4.67. The average Bonchev–Trinajstić information content (AvgIpc) is 2.89. The molecule has 1 aliphatic carbocycles. The van der Waals surface area contributed by atoms with Gasteiger partial charge in [0.05, 0.1) is 16.9 Å². The zero-order valence-corrected chi connectivity index (χ0v) is 11.8. The molecule has 0 bridgehead atoms. The molecular weight excluding hydrogens is 266 g/mol. The van der Waals surface area contributed by atoms with Crippen molar-refractivity contribution in [2.24, 2.45) is 11.1 Å². The lowest BCUT2D eigenvalue weighted by molar-refractivity contribution is -0.129. The van der Waals surface area contributed by atoms with Crippen LogP contribution in [0.1, 0.15) is 37.1 Å². The molecule has 0 aromatic carbocycles. The Hall–Kier alpha value is -1.01. The molecule has 0 spiro atoms. The Balaban J connectivity index is 2.02. The minimum Gasteiger partial charge on any atom is -0.392 e. The van der Waals surface area contributed by atoms with E-state index in [1.165, 1.54) is 11.3 Å². The van der Waals surface area contributed by atoms with E-state index in [0.29, 0.717) is 11.5 Å². The summed E-state index contributed by atoms with van der Waals surface area (Å²) < 4.78 is 0. The van der Waals surface area contributed by atoms with E-state index in [-0.39, 0.29) is 5.91 Å². The number of carbonyl (C=O) groups excluding carboxylic acids is 1. The number of hydrogen-bond donors (Lipinski definition) is 2. The van der Waals surface area contributed by atoms with E-state index in [1.807, 2.05) is 5.38 Å². The van der Waals surface area contributed by atoms with Gasteiger partial charge < -0.3 is 11.1 Å². The molecule has 18 heavy (non-hydrogen) atoms. The molecule has 1 aromatic rings. The molecule has 0 radical (unpaired) electrons. The zero-order valence-electron chi connectivity index (χ0n) is 10.1. The third-order valence-electron chi connectivity index (χ3n) is 3.50. The zero-order chi connectivity index (χ0) is 13.0. The van der Waals surface area contributed by atoms with Crippen LogP contribution < -0.4 is 11.1 Å². The molecule has 1 fully saturated rings. The number of aromatic nitrogens is 1. The first-order valence-corrected chi connectivity index (χ1v) is 7.40. The van der Waals surface area contributed by atoms with Crippen LogP contribution in [0.3, 0.4) is 0 Å². The monoisotopic (exact) mass is 283 g/mol. The fourth-order valence-corrected chi connectivity index (χ4v) is 3.26. The van der Waals surface area contributed by atoms with Crippen molar-refractivity contribution < 1.29 is 4.79 Å². The van der Waals surface area contributed by atoms with E-state index in [9.17, 15) is 4.79 Å². The minimum absolute atomic E-state index is 0.0371. The van der Waals surface area contributed by atoms with E-state index in [1.54, 1.807) is 6.20 Å². The molecule has 98 valence electrons. The van der Waals surface area contributed by atoms with E-state index in [0.717, 1.165) is 37.1 Å². The maximum Gasteiger partial charge on any atom is 0.233 e. The van der Waals surface area contributed by atoms with Crippen molar-refractivity contribution in [2.45, 2.75) is 38.6 Å². The van der Waals surface area contributed by atoms with Gasteiger partial charge in [0.1, 0.15) is 5.01 Å². The SMILES string of the molecule is NC(=S)C1(C(=O)NCc2nccs2)CCCCC1. The predicted octanol–water partition coefficient (Wildman–Crippen LogP) is 2.00. The third kappa shape index (κ3) is 2.70. The minimum atomic E-state index is -0.634. The van der Waals surface area contributed by atoms with Crippen molar-refractivity contribution in [3.63, 3.8) is 0 Å². The second kappa shape index (κ2) is 5.75. The quantitative estimate of drug-likeness (QED) is 0.829. The van der Waals surface area contributed by atoms with Crippen molar-refractivity contribution in [1.82, 2.24) is 10.3 Å². The summed E-state index contributed by atoms with van der Waals surface area (Å²) in [4.78, 5) is 16.8. The highest BCUT2D eigenvalue weighted by atomic mass is 32.1. The van der Waals surface area contributed by atoms with Crippen LogP contribution in [0.15, 0.2) is 11.6 Å². The number of nitrogens with one attached hydrogen (secondary N) is 1. The van der Waals surface area contributed by atoms with Gasteiger partial charge >= 0.3 is 0 Å². The normalized spacial score (nSPS) is 18.2. The van der Waals surface area contributed by atoms with Crippen LogP contribution in [-0.4, -0.2) is 15.9 Å². The molecule has 0 unspecified atom stereocenters. The topological polar surface area (TPSA) is 68.0 Å². The Kier molecular flexibility index (Phi) is 4.29. The number of thiocarbonyl (C=S) groups is 1. The number of rotatable bonds is 4. The molecule has 0 atom stereocenters. The summed E-state index contributed by atoms with van der Waals surface area (Å²) in [6.45, 7) is 0.459. The standard InChI is InChI=1S/C12H17N3OS2/c13-10(17)12(4-2-1-3-5-12)11(16)15-8-9-14-6-7-18-9/h6-7H,1-5,8H2,(H2,13,17)(H,15,16). The van der Waals surface area contributed by atoms with Crippen LogP contribution in [0.2, 0.25) is 0 Å². The Bertz CT molecular complexity index is 425. The van der Waals surface area contributed by atoms with Gasteiger partial charge in [-0.05, 0) is 12.8 Å². The lowest BCUT2D eigenvalue weighted by atomic mass is 9.73. The highest BCUT2D eigenvalue weighted by Gasteiger charge is 2.42. The van der Waals surface area contributed by atoms with Gasteiger partial charge in [0.2, 0.25) is 5.91 Å². The van der Waals surface area contributed by atoms with Gasteiger partial charge in [0.25, 0.3) is 0 Å². The molecule has 1 aromatic heterocycles. The Morgan fingerprint density at radius 1 is 1.50 bits per heavy atom. The van der Waals surface area contributed by atoms with Crippen LogP contribution >= 0.6 is 23.6 Å². The molecule has 1 saturated carbocycles. The smallest absolute Gasteiger partial charge is 0.233 e. The lowest BCUT2D eigenvalue weighted by Gasteiger charge is -2.34. The second-order valence-corrected chi connectivity index (χ2v) is 6.03. The molecule has 2 rings (SSSR count). The van der Waals surface area contributed by atoms with Crippen molar-refractivity contribution in [3.05, 3.63) is 16.6 Å². The van der Waals surface area contributed by atoms with Crippen molar-refractivity contribution in [3.8, 4) is 0 Å². The first-order chi connectivity index (χ1) is 8.65. The summed E-state index contributed by atoms with van der Waals surface area (Å²) >= 11 is 6.65. The largest absolute Gasteiger partial charge is 0.392 e. The fourth-order valence-electron chi connectivity index (χ4n) is 2.41. The summed E-state index contributed by atoms with van der Waals surface area (Å²) in [5.41, 5.74) is 5.18. The van der Waals surface area contributed by atoms with Crippen LogP contribution in [-0.2, 0) is 11.3 Å². The van der Waals surface area contributed by atoms with E-state index in [2.05, 4.69) is 10.3 Å². The van der Waals surface area contributed by atoms with Gasteiger partial charge in [-0.1, -0.05) is 31.5 Å². The van der Waals surface area contributed by atoms with Gasteiger partial charge in [0.15, 0.2) is 0 Å². The summed E-state index contributed by atoms with van der Waals surface area (Å²) in [7, 11) is 0. The summed E-state index contributed by atoms with van der Waals surface area (Å²) in [5.74, 6) is -0.0371. The second-order valence-electron chi connectivity index (χ2n) is 4.62. The number of carbonyl (C=O) groups is 1. The Labute approximate surface area is 116 Å². The lowest BCUT2D eigenvalue weighted by Crippen LogP contribution is -2.49. The summed E-state index contributed by atoms with van der Waals surface area (Å²) in [5, 5.41) is 5.71. The molecule has 3 N–H and O–H groups in total. The van der Waals surface area contributed by atoms with Crippen molar-refractivity contribution in [1.29, 1.82) is 0 Å². The van der Waals surface area contributed by atoms with Crippen LogP contribution in [0.25, 0.3) is 0 Å². The molecular formula is C12H17N3OS2. The van der Waals surface area contributed by atoms with E-state index >= 15 is 0 Å². The Morgan fingerprint density at radius 2 is 2.22 bits per heavy atom. The highest BCUT2D eigenvalue weighted by Crippen LogP contribution is 2.37. The van der Waals surface area contributed by atoms with Crippen LogP contribution in [0.5, 0.6) is 0 Å². The molecule has 1 amide bonds. The maximum atomic E-state index is 12.4. The Morgan fingerprint density at radius 3 is 2.78 bits per heavy atom. The average molecular weight is 283 g/mol. The van der Waals surface area contributed by atoms with Gasteiger partial charge in [-0.3, -0.25) is 4.79 Å². The van der Waals surface area contributed by atoms with E-state index in [4.69, 9.17) is 18.0 Å². The number of nitrogens with two attached hydrogens (primary N) is 1. The van der Waals surface area contributed by atoms with Gasteiger partial charge in [-0.25, -0.2) is 4.98 Å². The number of hydrogen-bond acceptors (Lipinski definition) is 4. The number of thiazole rings is 1. The van der Waals surface area contributed by atoms with Crippen molar-refractivity contribution in [2.75, 3.05) is 0 Å². The molecule has 0 saturated heterocycles. The van der Waals surface area contributed by atoms with Crippen LogP contribution in [0.4, 0.5) is 0 Å². The van der Waals surface area contributed by atoms with Crippen molar-refractivity contribution >= 4 is 34.5 Å². The predicted molar refractivity (Wildman–Crippen MR) is 76.3 cm³/mol. The molecule has 1 aliphatic rings. The molecule has 4 nitrogen and oxygen atoms in total. The number of nitrogens with zero attached hydrogens (tertiary/aromatic N) is 1. The molecule has 1 heterocycles. The van der Waals surface area contributed by atoms with Crippen LogP contribution in [0, 0.1) is 5.41 Å². The summed E-state index contributed by atoms with van der Waals surface area (Å²) in [6.07, 6.45) is 6.46. The van der Waals surface area contributed by atoms with Gasteiger partial charge in [-0.2, -0.15) is 0 Å². The van der Waals surface area contributed by atoms with Gasteiger partial charge in [0, 0.05) is 11.6 Å². The van der Waals surface area contributed by atoms with Gasteiger partial charge in [-0.15, -0.1) is 11.3 Å². The molecule has 0 aliphatic heterocycles. The fraction of sp³-hybridized carbons (Fsp3) is 0.583. The molecule has 6 heteroatoms.